The Labute approximate surface area is 153 Å². The van der Waals surface area contributed by atoms with Gasteiger partial charge in [-0.2, -0.15) is 5.10 Å². The maximum atomic E-state index is 5.95. The summed E-state index contributed by atoms with van der Waals surface area (Å²) in [5.74, 6) is 2.21. The van der Waals surface area contributed by atoms with E-state index in [2.05, 4.69) is 26.5 Å². The second kappa shape index (κ2) is 8.25. The summed E-state index contributed by atoms with van der Waals surface area (Å²) in [5.41, 5.74) is 1.30. The van der Waals surface area contributed by atoms with Gasteiger partial charge in [0.05, 0.1) is 12.7 Å². The van der Waals surface area contributed by atoms with Gasteiger partial charge in [0.15, 0.2) is 5.96 Å². The van der Waals surface area contributed by atoms with Crippen molar-refractivity contribution in [1.29, 1.82) is 0 Å². The van der Waals surface area contributed by atoms with Crippen molar-refractivity contribution in [2.75, 3.05) is 33.3 Å². The number of hydrogen-bond acceptors (Lipinski definition) is 3. The fraction of sp³-hybridized carbons (Fsp3) is 0.444. The molecule has 0 spiro atoms. The third kappa shape index (κ3) is 4.66. The molecule has 1 aromatic carbocycles. The Morgan fingerprint density at radius 3 is 3.08 bits per heavy atom. The predicted molar refractivity (Wildman–Crippen MR) is 100 cm³/mol. The van der Waals surface area contributed by atoms with Gasteiger partial charge in [-0.3, -0.25) is 9.67 Å². The van der Waals surface area contributed by atoms with Crippen molar-refractivity contribution in [3.8, 4) is 5.75 Å². The minimum atomic E-state index is 0.509. The first-order valence-electron chi connectivity index (χ1n) is 8.48. The van der Waals surface area contributed by atoms with E-state index in [1.165, 1.54) is 5.56 Å². The molecule has 1 aromatic heterocycles. The van der Waals surface area contributed by atoms with Crippen LogP contribution in [0.2, 0.25) is 5.02 Å². The lowest BCUT2D eigenvalue weighted by Crippen LogP contribution is -2.41. The molecule has 1 aliphatic rings. The van der Waals surface area contributed by atoms with Gasteiger partial charge in [0.25, 0.3) is 0 Å². The van der Waals surface area contributed by atoms with Crippen LogP contribution in [-0.2, 0) is 7.05 Å². The minimum Gasteiger partial charge on any atom is -0.492 e. The van der Waals surface area contributed by atoms with Gasteiger partial charge in [0.2, 0.25) is 0 Å². The molecule has 0 aliphatic carbocycles. The smallest absolute Gasteiger partial charge is 0.193 e. The van der Waals surface area contributed by atoms with Gasteiger partial charge >= 0.3 is 0 Å². The van der Waals surface area contributed by atoms with Crippen LogP contribution in [-0.4, -0.2) is 53.9 Å². The van der Waals surface area contributed by atoms with E-state index in [4.69, 9.17) is 16.3 Å². The van der Waals surface area contributed by atoms with Gasteiger partial charge in [-0.05, 0) is 30.2 Å². The molecular formula is C18H24ClN5O. The highest BCUT2D eigenvalue weighted by Crippen LogP contribution is 2.26. The summed E-state index contributed by atoms with van der Waals surface area (Å²) in [4.78, 5) is 6.68. The van der Waals surface area contributed by atoms with Crippen LogP contribution in [0.3, 0.4) is 0 Å². The van der Waals surface area contributed by atoms with E-state index < -0.39 is 0 Å². The number of hydrogen-bond donors (Lipinski definition) is 1. The van der Waals surface area contributed by atoms with Gasteiger partial charge in [-0.1, -0.05) is 17.7 Å². The molecule has 1 aliphatic heterocycles. The largest absolute Gasteiger partial charge is 0.492 e. The molecule has 1 saturated heterocycles. The zero-order valence-corrected chi connectivity index (χ0v) is 15.4. The zero-order chi connectivity index (χ0) is 17.6. The Morgan fingerprint density at radius 2 is 2.36 bits per heavy atom. The normalized spacial score (nSPS) is 17.8. The molecule has 1 N–H and O–H groups in total. The van der Waals surface area contributed by atoms with Crippen LogP contribution >= 0.6 is 11.6 Å². The lowest BCUT2D eigenvalue weighted by Gasteiger charge is -2.21. The number of benzene rings is 1. The van der Waals surface area contributed by atoms with Gasteiger partial charge in [0.1, 0.15) is 12.4 Å². The van der Waals surface area contributed by atoms with Gasteiger partial charge in [-0.15, -0.1) is 0 Å². The van der Waals surface area contributed by atoms with E-state index >= 15 is 0 Å². The minimum absolute atomic E-state index is 0.509. The summed E-state index contributed by atoms with van der Waals surface area (Å²) in [6.07, 6.45) is 5.18. The number of aromatic nitrogens is 2. The first-order valence-corrected chi connectivity index (χ1v) is 8.86. The molecule has 0 amide bonds. The summed E-state index contributed by atoms with van der Waals surface area (Å²) in [5, 5.41) is 8.32. The summed E-state index contributed by atoms with van der Waals surface area (Å²) < 4.78 is 7.57. The van der Waals surface area contributed by atoms with E-state index in [0.717, 1.165) is 31.2 Å². The summed E-state index contributed by atoms with van der Waals surface area (Å²) >= 11 is 5.95. The molecule has 0 radical (unpaired) electrons. The third-order valence-electron chi connectivity index (χ3n) is 4.35. The summed E-state index contributed by atoms with van der Waals surface area (Å²) in [6.45, 7) is 3.20. The molecule has 0 saturated carbocycles. The Kier molecular flexibility index (Phi) is 5.81. The zero-order valence-electron chi connectivity index (χ0n) is 14.7. The lowest BCUT2D eigenvalue weighted by atomic mass is 10.0. The van der Waals surface area contributed by atoms with Crippen LogP contribution in [0.1, 0.15) is 17.9 Å². The molecule has 2 heterocycles. The van der Waals surface area contributed by atoms with Crippen molar-refractivity contribution in [2.45, 2.75) is 12.3 Å². The summed E-state index contributed by atoms with van der Waals surface area (Å²) in [7, 11) is 3.77. The fourth-order valence-corrected chi connectivity index (χ4v) is 3.28. The quantitative estimate of drug-likeness (QED) is 0.505. The lowest BCUT2D eigenvalue weighted by molar-refractivity contribution is 0.319. The van der Waals surface area contributed by atoms with Crippen molar-refractivity contribution in [3.63, 3.8) is 0 Å². The average Bonchev–Trinajstić information content (AvgIpc) is 3.24. The average molecular weight is 362 g/mol. The number of halogens is 1. The number of nitrogens with one attached hydrogen (secondary N) is 1. The number of rotatable bonds is 5. The molecule has 0 bridgehead atoms. The Balaban J connectivity index is 1.45. The molecule has 3 rings (SSSR count). The second-order valence-electron chi connectivity index (χ2n) is 6.16. The maximum Gasteiger partial charge on any atom is 0.193 e. The third-order valence-corrected chi connectivity index (χ3v) is 4.58. The SMILES string of the molecule is CN=C(NCCOc1cccc(Cl)c1)N1CCC(c2cnn(C)c2)C1. The molecule has 25 heavy (non-hydrogen) atoms. The van der Waals surface area contributed by atoms with Crippen LogP contribution in [0.15, 0.2) is 41.7 Å². The van der Waals surface area contributed by atoms with E-state index in [9.17, 15) is 0 Å². The maximum absolute atomic E-state index is 5.95. The standard InChI is InChI=1S/C18H24ClN5O/c1-20-18(21-7-9-25-17-5-3-4-16(19)10-17)24-8-6-14(13-24)15-11-22-23(2)12-15/h3-5,10-12,14H,6-9,13H2,1-2H3,(H,20,21). The molecule has 6 nitrogen and oxygen atoms in total. The van der Waals surface area contributed by atoms with E-state index in [1.54, 1.807) is 0 Å². The van der Waals surface area contributed by atoms with Crippen LogP contribution in [0, 0.1) is 0 Å². The van der Waals surface area contributed by atoms with Gasteiger partial charge < -0.3 is 15.0 Å². The number of guanidine groups is 1. The Morgan fingerprint density at radius 1 is 1.48 bits per heavy atom. The number of aliphatic imine (C=N–C) groups is 1. The first-order chi connectivity index (χ1) is 12.2. The molecule has 1 fully saturated rings. The Hall–Kier alpha value is -2.21. The van der Waals surface area contributed by atoms with Crippen LogP contribution < -0.4 is 10.1 Å². The van der Waals surface area contributed by atoms with Crippen molar-refractivity contribution in [2.24, 2.45) is 12.0 Å². The monoisotopic (exact) mass is 361 g/mol. The summed E-state index contributed by atoms with van der Waals surface area (Å²) in [6, 6.07) is 7.43. The van der Waals surface area contributed by atoms with E-state index in [1.807, 2.05) is 49.2 Å². The number of aryl methyl sites for hydroxylation is 1. The van der Waals surface area contributed by atoms with Gasteiger partial charge in [-0.25, -0.2) is 0 Å². The predicted octanol–water partition coefficient (Wildman–Crippen LogP) is 2.52. The molecule has 134 valence electrons. The fourth-order valence-electron chi connectivity index (χ4n) is 3.10. The first kappa shape index (κ1) is 17.6. The highest BCUT2D eigenvalue weighted by atomic mass is 35.5. The molecular weight excluding hydrogens is 338 g/mol. The van der Waals surface area contributed by atoms with Crippen molar-refractivity contribution >= 4 is 17.6 Å². The molecule has 1 unspecified atom stereocenters. The van der Waals surface area contributed by atoms with Crippen LogP contribution in [0.5, 0.6) is 5.75 Å². The van der Waals surface area contributed by atoms with E-state index in [-0.39, 0.29) is 0 Å². The topological polar surface area (TPSA) is 54.7 Å². The van der Waals surface area contributed by atoms with Crippen LogP contribution in [0.25, 0.3) is 0 Å². The molecule has 1 atom stereocenters. The number of ether oxygens (including phenoxy) is 1. The highest BCUT2D eigenvalue weighted by molar-refractivity contribution is 6.30. The second-order valence-corrected chi connectivity index (χ2v) is 6.60. The molecule has 7 heteroatoms. The number of nitrogens with zero attached hydrogens (tertiary/aromatic N) is 4. The van der Waals surface area contributed by atoms with Crippen LogP contribution in [0.4, 0.5) is 0 Å². The van der Waals surface area contributed by atoms with Crippen molar-refractivity contribution < 1.29 is 4.74 Å². The van der Waals surface area contributed by atoms with Crippen molar-refractivity contribution in [3.05, 3.63) is 47.2 Å². The van der Waals surface area contributed by atoms with E-state index in [0.29, 0.717) is 24.1 Å². The van der Waals surface area contributed by atoms with Crippen molar-refractivity contribution in [1.82, 2.24) is 20.0 Å². The highest BCUT2D eigenvalue weighted by Gasteiger charge is 2.26. The van der Waals surface area contributed by atoms with Gasteiger partial charge in [0, 0.05) is 44.3 Å². The molecule has 2 aromatic rings. The number of likely N-dealkylation sites (tertiary alicyclic amines) is 1. The Bertz CT molecular complexity index is 730.